The normalized spacial score (nSPS) is 19.2. The summed E-state index contributed by atoms with van der Waals surface area (Å²) in [5.74, 6) is 0.0278. The highest BCUT2D eigenvalue weighted by atomic mass is 16.5. The molecule has 1 amide bonds. The first-order valence-corrected chi connectivity index (χ1v) is 7.53. The molecule has 1 atom stereocenters. The fourth-order valence-corrected chi connectivity index (χ4v) is 2.45. The minimum atomic E-state index is -0.233. The van der Waals surface area contributed by atoms with Crippen molar-refractivity contribution in [3.8, 4) is 0 Å². The van der Waals surface area contributed by atoms with E-state index in [4.69, 9.17) is 4.74 Å². The van der Waals surface area contributed by atoms with Crippen LogP contribution >= 0.6 is 0 Å². The van der Waals surface area contributed by atoms with E-state index in [0.717, 1.165) is 24.5 Å². The zero-order valence-corrected chi connectivity index (χ0v) is 12.8. The molecule has 1 saturated heterocycles. The molecule has 1 aromatic heterocycles. The first-order valence-electron chi connectivity index (χ1n) is 7.53. The number of morpholine rings is 1. The number of amides is 1. The SMILES string of the molecule is CCNC(=O)C1COCCN1Cc1cc(NCC)ccn1. The van der Waals surface area contributed by atoms with Crippen molar-refractivity contribution in [2.24, 2.45) is 0 Å². The lowest BCUT2D eigenvalue weighted by Gasteiger charge is -2.34. The molecule has 0 aromatic carbocycles. The molecule has 1 aliphatic rings. The molecular formula is C15H24N4O2. The van der Waals surface area contributed by atoms with Gasteiger partial charge in [-0.3, -0.25) is 14.7 Å². The Bertz CT molecular complexity index is 467. The van der Waals surface area contributed by atoms with Crippen molar-refractivity contribution < 1.29 is 9.53 Å². The van der Waals surface area contributed by atoms with Crippen LogP contribution in [0, 0.1) is 0 Å². The summed E-state index contributed by atoms with van der Waals surface area (Å²) >= 11 is 0. The van der Waals surface area contributed by atoms with Crippen LogP contribution in [0.5, 0.6) is 0 Å². The molecule has 2 heterocycles. The predicted octanol–water partition coefficient (Wildman–Crippen LogP) is 0.850. The van der Waals surface area contributed by atoms with E-state index in [2.05, 4.69) is 27.4 Å². The number of likely N-dealkylation sites (N-methyl/N-ethyl adjacent to an activating group) is 1. The van der Waals surface area contributed by atoms with Crippen LogP contribution in [0.25, 0.3) is 0 Å². The van der Waals surface area contributed by atoms with Gasteiger partial charge in [0.05, 0.1) is 18.9 Å². The summed E-state index contributed by atoms with van der Waals surface area (Å²) in [6.07, 6.45) is 1.80. The molecule has 6 heteroatoms. The van der Waals surface area contributed by atoms with Gasteiger partial charge in [-0.15, -0.1) is 0 Å². The van der Waals surface area contributed by atoms with Crippen LogP contribution in [0.3, 0.4) is 0 Å². The highest BCUT2D eigenvalue weighted by molar-refractivity contribution is 5.81. The maximum absolute atomic E-state index is 12.1. The molecule has 2 rings (SSSR count). The number of nitrogens with one attached hydrogen (secondary N) is 2. The number of ether oxygens (including phenoxy) is 1. The molecule has 1 aliphatic heterocycles. The Hall–Kier alpha value is -1.66. The molecule has 1 fully saturated rings. The van der Waals surface area contributed by atoms with Crippen LogP contribution in [0.15, 0.2) is 18.3 Å². The van der Waals surface area contributed by atoms with E-state index in [-0.39, 0.29) is 11.9 Å². The van der Waals surface area contributed by atoms with Crippen molar-refractivity contribution in [1.29, 1.82) is 0 Å². The molecule has 0 spiro atoms. The number of rotatable bonds is 6. The lowest BCUT2D eigenvalue weighted by molar-refractivity contribution is -0.132. The van der Waals surface area contributed by atoms with Gasteiger partial charge < -0.3 is 15.4 Å². The van der Waals surface area contributed by atoms with Gasteiger partial charge in [0.2, 0.25) is 5.91 Å². The zero-order chi connectivity index (χ0) is 15.1. The third-order valence-corrected chi connectivity index (χ3v) is 3.46. The summed E-state index contributed by atoms with van der Waals surface area (Å²) in [5, 5.41) is 6.15. The molecule has 0 radical (unpaired) electrons. The Balaban J connectivity index is 2.04. The third kappa shape index (κ3) is 4.41. The number of pyridine rings is 1. The highest BCUT2D eigenvalue weighted by Gasteiger charge is 2.29. The van der Waals surface area contributed by atoms with Crippen molar-refractivity contribution in [1.82, 2.24) is 15.2 Å². The monoisotopic (exact) mass is 292 g/mol. The molecule has 116 valence electrons. The standard InChI is InChI=1S/C15H24N4O2/c1-3-16-12-5-6-18-13(9-12)10-19-7-8-21-11-14(19)15(20)17-4-2/h5-6,9,14H,3-4,7-8,10-11H2,1-2H3,(H,16,18)(H,17,20). The van der Waals surface area contributed by atoms with Gasteiger partial charge >= 0.3 is 0 Å². The topological polar surface area (TPSA) is 66.5 Å². The van der Waals surface area contributed by atoms with Crippen molar-refractivity contribution in [3.63, 3.8) is 0 Å². The summed E-state index contributed by atoms with van der Waals surface area (Å²) in [4.78, 5) is 18.6. The van der Waals surface area contributed by atoms with Gasteiger partial charge in [0.25, 0.3) is 0 Å². The summed E-state index contributed by atoms with van der Waals surface area (Å²) in [6.45, 7) is 8.00. The van der Waals surface area contributed by atoms with Crippen LogP contribution in [-0.2, 0) is 16.1 Å². The molecule has 1 aromatic rings. The second-order valence-electron chi connectivity index (χ2n) is 5.02. The first-order chi connectivity index (χ1) is 10.2. The maximum Gasteiger partial charge on any atom is 0.239 e. The van der Waals surface area contributed by atoms with Crippen molar-refractivity contribution in [2.75, 3.05) is 38.2 Å². The van der Waals surface area contributed by atoms with Crippen LogP contribution < -0.4 is 10.6 Å². The quantitative estimate of drug-likeness (QED) is 0.814. The summed E-state index contributed by atoms with van der Waals surface area (Å²) in [6, 6.07) is 3.75. The summed E-state index contributed by atoms with van der Waals surface area (Å²) in [5.41, 5.74) is 2.02. The number of aromatic nitrogens is 1. The fourth-order valence-electron chi connectivity index (χ4n) is 2.45. The highest BCUT2D eigenvalue weighted by Crippen LogP contribution is 2.14. The summed E-state index contributed by atoms with van der Waals surface area (Å²) < 4.78 is 5.44. The molecule has 0 bridgehead atoms. The van der Waals surface area contributed by atoms with E-state index < -0.39 is 0 Å². The molecular weight excluding hydrogens is 268 g/mol. The lowest BCUT2D eigenvalue weighted by Crippen LogP contribution is -2.53. The van der Waals surface area contributed by atoms with Gasteiger partial charge in [-0.05, 0) is 26.0 Å². The van der Waals surface area contributed by atoms with Gasteiger partial charge in [0.15, 0.2) is 0 Å². The van der Waals surface area contributed by atoms with Crippen LogP contribution in [0.4, 0.5) is 5.69 Å². The van der Waals surface area contributed by atoms with Crippen molar-refractivity contribution in [3.05, 3.63) is 24.0 Å². The first kappa shape index (κ1) is 15.7. The van der Waals surface area contributed by atoms with E-state index in [1.165, 1.54) is 0 Å². The number of anilines is 1. The number of nitrogens with zero attached hydrogens (tertiary/aromatic N) is 2. The van der Waals surface area contributed by atoms with Crippen LogP contribution in [-0.4, -0.2) is 54.7 Å². The molecule has 1 unspecified atom stereocenters. The van der Waals surface area contributed by atoms with Gasteiger partial charge in [0.1, 0.15) is 6.04 Å². The second kappa shape index (κ2) is 7.95. The Labute approximate surface area is 125 Å². The minimum absolute atomic E-state index is 0.0278. The second-order valence-corrected chi connectivity index (χ2v) is 5.02. The van der Waals surface area contributed by atoms with Crippen LogP contribution in [0.2, 0.25) is 0 Å². The molecule has 2 N–H and O–H groups in total. The Morgan fingerprint density at radius 1 is 1.48 bits per heavy atom. The molecule has 0 aliphatic carbocycles. The van der Waals surface area contributed by atoms with E-state index in [9.17, 15) is 4.79 Å². The predicted molar refractivity (Wildman–Crippen MR) is 82.1 cm³/mol. The van der Waals surface area contributed by atoms with E-state index in [1.54, 1.807) is 6.20 Å². The lowest BCUT2D eigenvalue weighted by atomic mass is 10.2. The number of carbonyl (C=O) groups is 1. The largest absolute Gasteiger partial charge is 0.385 e. The Morgan fingerprint density at radius 2 is 2.33 bits per heavy atom. The number of carbonyl (C=O) groups excluding carboxylic acids is 1. The average molecular weight is 292 g/mol. The maximum atomic E-state index is 12.1. The minimum Gasteiger partial charge on any atom is -0.385 e. The Kier molecular flexibility index (Phi) is 5.95. The zero-order valence-electron chi connectivity index (χ0n) is 12.8. The smallest absolute Gasteiger partial charge is 0.239 e. The summed E-state index contributed by atoms with van der Waals surface area (Å²) in [7, 11) is 0. The van der Waals surface area contributed by atoms with Gasteiger partial charge in [-0.25, -0.2) is 0 Å². The van der Waals surface area contributed by atoms with Gasteiger partial charge in [-0.2, -0.15) is 0 Å². The van der Waals surface area contributed by atoms with Crippen molar-refractivity contribution >= 4 is 11.6 Å². The van der Waals surface area contributed by atoms with Gasteiger partial charge in [0, 0.05) is 38.1 Å². The van der Waals surface area contributed by atoms with Gasteiger partial charge in [-0.1, -0.05) is 0 Å². The average Bonchev–Trinajstić information content (AvgIpc) is 2.49. The third-order valence-electron chi connectivity index (χ3n) is 3.46. The van der Waals surface area contributed by atoms with E-state index >= 15 is 0 Å². The Morgan fingerprint density at radius 3 is 3.10 bits per heavy atom. The molecule has 6 nitrogen and oxygen atoms in total. The van der Waals surface area contributed by atoms with Crippen molar-refractivity contribution in [2.45, 2.75) is 26.4 Å². The van der Waals surface area contributed by atoms with E-state index in [1.807, 2.05) is 19.1 Å². The van der Waals surface area contributed by atoms with Crippen LogP contribution in [0.1, 0.15) is 19.5 Å². The number of hydrogen-bond donors (Lipinski definition) is 2. The number of hydrogen-bond acceptors (Lipinski definition) is 5. The van der Waals surface area contributed by atoms with E-state index in [0.29, 0.717) is 26.3 Å². The molecule has 21 heavy (non-hydrogen) atoms. The molecule has 0 saturated carbocycles. The fraction of sp³-hybridized carbons (Fsp3) is 0.600.